The molecule has 0 aliphatic carbocycles. The molecule has 6 nitrogen and oxygen atoms in total. The largest absolute Gasteiger partial charge is 0.351 e. The van der Waals surface area contributed by atoms with Gasteiger partial charge in [0.15, 0.2) is 0 Å². The first-order valence-corrected chi connectivity index (χ1v) is 8.72. The number of amides is 2. The molecule has 0 unspecified atom stereocenters. The minimum absolute atomic E-state index is 0.0491. The molecule has 1 aromatic carbocycles. The predicted octanol–water partition coefficient (Wildman–Crippen LogP) is 1.69. The maximum Gasteiger partial charge on any atom is 0.271 e. The van der Waals surface area contributed by atoms with Crippen LogP contribution in [0, 0.1) is 0 Å². The van der Waals surface area contributed by atoms with Gasteiger partial charge in [0.05, 0.1) is 12.6 Å². The van der Waals surface area contributed by atoms with Crippen LogP contribution in [-0.4, -0.2) is 33.7 Å². The van der Waals surface area contributed by atoms with E-state index >= 15 is 0 Å². The van der Waals surface area contributed by atoms with Crippen LogP contribution in [0.25, 0.3) is 0 Å². The number of nitrogens with one attached hydrogen (secondary N) is 2. The van der Waals surface area contributed by atoms with Crippen molar-refractivity contribution < 1.29 is 9.59 Å². The number of aromatic nitrogens is 2. The number of hydrogen-bond acceptors (Lipinski definition) is 3. The first-order chi connectivity index (χ1) is 12.0. The zero-order chi connectivity index (χ0) is 17.8. The molecule has 0 saturated heterocycles. The predicted molar refractivity (Wildman–Crippen MR) is 95.2 cm³/mol. The summed E-state index contributed by atoms with van der Waals surface area (Å²) < 4.78 is 1.82. The van der Waals surface area contributed by atoms with Gasteiger partial charge in [-0.3, -0.25) is 14.3 Å². The summed E-state index contributed by atoms with van der Waals surface area (Å²) in [5.41, 5.74) is 2.60. The van der Waals surface area contributed by atoms with Gasteiger partial charge in [-0.25, -0.2) is 0 Å². The SMILES string of the molecule is CC(C)NC(=O)c1cc2n(n1)C[C@@H](NC(=O)CCc1ccccc1)C2. The van der Waals surface area contributed by atoms with Gasteiger partial charge in [-0.2, -0.15) is 5.10 Å². The van der Waals surface area contributed by atoms with E-state index in [9.17, 15) is 9.59 Å². The molecule has 2 aromatic rings. The molecule has 2 heterocycles. The number of fused-ring (bicyclic) bond motifs is 1. The second-order valence-electron chi connectivity index (χ2n) is 6.79. The second-order valence-corrected chi connectivity index (χ2v) is 6.79. The van der Waals surface area contributed by atoms with Gasteiger partial charge in [0.2, 0.25) is 5.91 Å². The molecule has 0 fully saturated rings. The third-order valence-electron chi connectivity index (χ3n) is 4.21. The molecule has 132 valence electrons. The molecular weight excluding hydrogens is 316 g/mol. The Balaban J connectivity index is 1.48. The van der Waals surface area contributed by atoms with Crippen molar-refractivity contribution in [3.05, 3.63) is 53.3 Å². The molecule has 1 aliphatic rings. The van der Waals surface area contributed by atoms with Crippen molar-refractivity contribution in [2.45, 2.75) is 51.7 Å². The number of benzene rings is 1. The Bertz CT molecular complexity index is 729. The third kappa shape index (κ3) is 4.47. The molecule has 25 heavy (non-hydrogen) atoms. The summed E-state index contributed by atoms with van der Waals surface area (Å²) in [5, 5.41) is 10.2. The van der Waals surface area contributed by atoms with Crippen LogP contribution in [0.15, 0.2) is 36.4 Å². The lowest BCUT2D eigenvalue weighted by molar-refractivity contribution is -0.121. The molecule has 1 aromatic heterocycles. The average Bonchev–Trinajstić information content (AvgIpc) is 3.11. The van der Waals surface area contributed by atoms with Crippen molar-refractivity contribution in [1.29, 1.82) is 0 Å². The highest BCUT2D eigenvalue weighted by atomic mass is 16.2. The van der Waals surface area contributed by atoms with E-state index in [-0.39, 0.29) is 23.9 Å². The van der Waals surface area contributed by atoms with Gasteiger partial charge in [-0.15, -0.1) is 0 Å². The van der Waals surface area contributed by atoms with Crippen LogP contribution in [-0.2, 0) is 24.2 Å². The van der Waals surface area contributed by atoms with Crippen molar-refractivity contribution in [3.8, 4) is 0 Å². The Morgan fingerprint density at radius 3 is 2.72 bits per heavy atom. The highest BCUT2D eigenvalue weighted by Gasteiger charge is 2.26. The van der Waals surface area contributed by atoms with Crippen LogP contribution < -0.4 is 10.6 Å². The fourth-order valence-electron chi connectivity index (χ4n) is 3.05. The fraction of sp³-hybridized carbons (Fsp3) is 0.421. The fourth-order valence-corrected chi connectivity index (χ4v) is 3.05. The van der Waals surface area contributed by atoms with Gasteiger partial charge in [-0.05, 0) is 31.9 Å². The van der Waals surface area contributed by atoms with Crippen LogP contribution in [0.1, 0.15) is 42.0 Å². The van der Waals surface area contributed by atoms with Crippen molar-refractivity contribution in [3.63, 3.8) is 0 Å². The molecule has 3 rings (SSSR count). The molecule has 0 radical (unpaired) electrons. The van der Waals surface area contributed by atoms with Crippen LogP contribution in [0.2, 0.25) is 0 Å². The summed E-state index contributed by atoms with van der Waals surface area (Å²) in [6.07, 6.45) is 1.92. The monoisotopic (exact) mass is 340 g/mol. The minimum atomic E-state index is -0.152. The molecular formula is C19H24N4O2. The number of nitrogens with zero attached hydrogens (tertiary/aromatic N) is 2. The lowest BCUT2D eigenvalue weighted by Gasteiger charge is -2.12. The zero-order valence-electron chi connectivity index (χ0n) is 14.7. The Kier molecular flexibility index (Phi) is 5.16. The van der Waals surface area contributed by atoms with E-state index in [0.29, 0.717) is 25.1 Å². The third-order valence-corrected chi connectivity index (χ3v) is 4.21. The number of hydrogen-bond donors (Lipinski definition) is 2. The maximum atomic E-state index is 12.1. The lowest BCUT2D eigenvalue weighted by atomic mass is 10.1. The molecule has 2 amide bonds. The topological polar surface area (TPSA) is 76.0 Å². The van der Waals surface area contributed by atoms with Crippen LogP contribution in [0.4, 0.5) is 0 Å². The van der Waals surface area contributed by atoms with Crippen LogP contribution in [0.5, 0.6) is 0 Å². The molecule has 1 atom stereocenters. The molecule has 0 bridgehead atoms. The quantitative estimate of drug-likeness (QED) is 0.840. The van der Waals surface area contributed by atoms with Gasteiger partial charge in [0.1, 0.15) is 5.69 Å². The minimum Gasteiger partial charge on any atom is -0.351 e. The van der Waals surface area contributed by atoms with Crippen molar-refractivity contribution in [2.75, 3.05) is 0 Å². The first kappa shape index (κ1) is 17.2. The Morgan fingerprint density at radius 2 is 2.04 bits per heavy atom. The first-order valence-electron chi connectivity index (χ1n) is 8.72. The Labute approximate surface area is 147 Å². The smallest absolute Gasteiger partial charge is 0.271 e. The van der Waals surface area contributed by atoms with Gasteiger partial charge in [0, 0.05) is 24.6 Å². The van der Waals surface area contributed by atoms with Gasteiger partial charge >= 0.3 is 0 Å². The Morgan fingerprint density at radius 1 is 1.28 bits per heavy atom. The number of carbonyl (C=O) groups is 2. The van der Waals surface area contributed by atoms with Crippen molar-refractivity contribution in [2.24, 2.45) is 0 Å². The van der Waals surface area contributed by atoms with E-state index in [2.05, 4.69) is 15.7 Å². The summed E-state index contributed by atoms with van der Waals surface area (Å²) in [6.45, 7) is 4.45. The summed E-state index contributed by atoms with van der Waals surface area (Å²) >= 11 is 0. The van der Waals surface area contributed by atoms with Gasteiger partial charge in [-0.1, -0.05) is 30.3 Å². The average molecular weight is 340 g/mol. The van der Waals surface area contributed by atoms with Gasteiger partial charge in [0.25, 0.3) is 5.91 Å². The van der Waals surface area contributed by atoms with E-state index in [1.807, 2.05) is 54.9 Å². The lowest BCUT2D eigenvalue weighted by Crippen LogP contribution is -2.36. The second kappa shape index (κ2) is 7.51. The van der Waals surface area contributed by atoms with E-state index in [0.717, 1.165) is 17.7 Å². The molecule has 0 saturated carbocycles. The maximum absolute atomic E-state index is 12.1. The number of aryl methyl sites for hydroxylation is 1. The highest BCUT2D eigenvalue weighted by molar-refractivity contribution is 5.92. The molecule has 0 spiro atoms. The van der Waals surface area contributed by atoms with Gasteiger partial charge < -0.3 is 10.6 Å². The number of rotatable bonds is 6. The van der Waals surface area contributed by atoms with E-state index in [1.54, 1.807) is 0 Å². The highest BCUT2D eigenvalue weighted by Crippen LogP contribution is 2.16. The summed E-state index contributed by atoms with van der Waals surface area (Å²) in [4.78, 5) is 24.1. The normalized spacial score (nSPS) is 15.9. The Hall–Kier alpha value is -2.63. The summed E-state index contributed by atoms with van der Waals surface area (Å²) in [5.74, 6) is -0.0993. The van der Waals surface area contributed by atoms with E-state index in [1.165, 1.54) is 0 Å². The van der Waals surface area contributed by atoms with Crippen LogP contribution in [0.3, 0.4) is 0 Å². The molecule has 2 N–H and O–H groups in total. The van der Waals surface area contributed by atoms with Crippen LogP contribution >= 0.6 is 0 Å². The van der Waals surface area contributed by atoms with E-state index in [4.69, 9.17) is 0 Å². The van der Waals surface area contributed by atoms with E-state index < -0.39 is 0 Å². The number of carbonyl (C=O) groups excluding carboxylic acids is 2. The summed E-state index contributed by atoms with van der Waals surface area (Å²) in [6, 6.07) is 11.9. The zero-order valence-corrected chi connectivity index (χ0v) is 14.7. The van der Waals surface area contributed by atoms with Crippen molar-refractivity contribution in [1.82, 2.24) is 20.4 Å². The summed E-state index contributed by atoms with van der Waals surface area (Å²) in [7, 11) is 0. The van der Waals surface area contributed by atoms with Crippen molar-refractivity contribution >= 4 is 11.8 Å². The molecule has 6 heteroatoms. The molecule has 1 aliphatic heterocycles. The standard InChI is InChI=1S/C19H24N4O2/c1-13(2)20-19(25)17-11-16-10-15(12-23(16)22-17)21-18(24)9-8-14-6-4-3-5-7-14/h3-7,11,13,15H,8-10,12H2,1-2H3,(H,20,25)(H,21,24)/t15-/m0/s1.